The Bertz CT molecular complexity index is 1180. The highest BCUT2D eigenvalue weighted by molar-refractivity contribution is 6.08. The highest BCUT2D eigenvalue weighted by Gasteiger charge is 2.14. The van der Waals surface area contributed by atoms with E-state index in [2.05, 4.69) is 5.32 Å². The number of rotatable bonds is 3. The molecule has 0 fully saturated rings. The number of nitro groups is 1. The van der Waals surface area contributed by atoms with Gasteiger partial charge in [0.1, 0.15) is 11.2 Å². The molecule has 0 bridgehead atoms. The number of nitro benzene ring substituents is 1. The molecule has 0 radical (unpaired) electrons. The number of anilines is 1. The second-order valence-electron chi connectivity index (χ2n) is 6.02. The molecule has 1 N–H and O–H groups in total. The number of aryl methyl sites for hydroxylation is 1. The quantitative estimate of drug-likeness (QED) is 0.415. The lowest BCUT2D eigenvalue weighted by Gasteiger charge is -2.06. The van der Waals surface area contributed by atoms with Gasteiger partial charge in [-0.1, -0.05) is 18.2 Å². The Morgan fingerprint density at radius 2 is 1.77 bits per heavy atom. The molecule has 0 aliphatic rings. The summed E-state index contributed by atoms with van der Waals surface area (Å²) in [4.78, 5) is 22.9. The fraction of sp³-hybridized carbons (Fsp3) is 0.0500. The van der Waals surface area contributed by atoms with E-state index < -0.39 is 4.92 Å². The van der Waals surface area contributed by atoms with E-state index in [0.717, 1.165) is 16.4 Å². The molecule has 0 aliphatic heterocycles. The van der Waals surface area contributed by atoms with Crippen molar-refractivity contribution in [3.8, 4) is 0 Å². The average Bonchev–Trinajstić information content (AvgIpc) is 2.99. The molecular formula is C20H14N2O4. The number of furan rings is 1. The maximum Gasteiger partial charge on any atom is 0.272 e. The SMILES string of the molecule is Cc1cc(C(=O)Nc2ccc3c(c2)oc2ccccc23)ccc1[N+](=O)[O-]. The van der Waals surface area contributed by atoms with Crippen LogP contribution in [0.25, 0.3) is 21.9 Å². The van der Waals surface area contributed by atoms with Crippen molar-refractivity contribution in [2.45, 2.75) is 6.92 Å². The summed E-state index contributed by atoms with van der Waals surface area (Å²) in [5.74, 6) is -0.335. The smallest absolute Gasteiger partial charge is 0.272 e. The van der Waals surface area contributed by atoms with Gasteiger partial charge in [0.2, 0.25) is 0 Å². The van der Waals surface area contributed by atoms with Crippen molar-refractivity contribution < 1.29 is 14.1 Å². The minimum atomic E-state index is -0.466. The van der Waals surface area contributed by atoms with Crippen LogP contribution in [0.15, 0.2) is 65.1 Å². The Labute approximate surface area is 148 Å². The number of nitrogens with one attached hydrogen (secondary N) is 1. The fourth-order valence-electron chi connectivity index (χ4n) is 3.01. The number of hydrogen-bond acceptors (Lipinski definition) is 4. The number of hydrogen-bond donors (Lipinski definition) is 1. The molecule has 0 saturated heterocycles. The van der Waals surface area contributed by atoms with Crippen LogP contribution < -0.4 is 5.32 Å². The summed E-state index contributed by atoms with van der Waals surface area (Å²) in [6, 6.07) is 17.5. The summed E-state index contributed by atoms with van der Waals surface area (Å²) in [5.41, 5.74) is 2.86. The van der Waals surface area contributed by atoms with Crippen LogP contribution in [0.2, 0.25) is 0 Å². The number of para-hydroxylation sites is 1. The van der Waals surface area contributed by atoms with Gasteiger partial charge in [0.15, 0.2) is 0 Å². The third-order valence-corrected chi connectivity index (χ3v) is 4.29. The summed E-state index contributed by atoms with van der Waals surface area (Å²) < 4.78 is 5.82. The first-order chi connectivity index (χ1) is 12.5. The molecular weight excluding hydrogens is 332 g/mol. The van der Waals surface area contributed by atoms with Gasteiger partial charge < -0.3 is 9.73 Å². The molecule has 0 unspecified atom stereocenters. The molecule has 0 atom stereocenters. The van der Waals surface area contributed by atoms with Crippen molar-refractivity contribution in [3.63, 3.8) is 0 Å². The van der Waals surface area contributed by atoms with E-state index in [-0.39, 0.29) is 11.6 Å². The van der Waals surface area contributed by atoms with Crippen LogP contribution in [0.5, 0.6) is 0 Å². The number of carbonyl (C=O) groups excluding carboxylic acids is 1. The first-order valence-electron chi connectivity index (χ1n) is 8.00. The Morgan fingerprint density at radius 3 is 2.54 bits per heavy atom. The zero-order chi connectivity index (χ0) is 18.3. The van der Waals surface area contributed by atoms with E-state index in [1.165, 1.54) is 18.2 Å². The summed E-state index contributed by atoms with van der Waals surface area (Å²) in [7, 11) is 0. The van der Waals surface area contributed by atoms with Crippen LogP contribution in [0.4, 0.5) is 11.4 Å². The second-order valence-corrected chi connectivity index (χ2v) is 6.02. The molecule has 1 heterocycles. The number of benzene rings is 3. The van der Waals surface area contributed by atoms with Gasteiger partial charge in [0.05, 0.1) is 4.92 Å². The van der Waals surface area contributed by atoms with Gasteiger partial charge in [-0.05, 0) is 37.3 Å². The Balaban J connectivity index is 1.64. The third-order valence-electron chi connectivity index (χ3n) is 4.29. The van der Waals surface area contributed by atoms with Crippen LogP contribution >= 0.6 is 0 Å². The standard InChI is InChI=1S/C20H14N2O4/c1-12-10-13(6-9-17(12)22(24)25)20(23)21-14-7-8-16-15-4-2-3-5-18(15)26-19(16)11-14/h2-11H,1H3,(H,21,23). The van der Waals surface area contributed by atoms with Crippen LogP contribution in [-0.2, 0) is 0 Å². The number of nitrogens with zero attached hydrogens (tertiary/aromatic N) is 1. The number of fused-ring (bicyclic) bond motifs is 3. The molecule has 4 rings (SSSR count). The van der Waals surface area contributed by atoms with Crippen molar-refractivity contribution in [1.29, 1.82) is 0 Å². The monoisotopic (exact) mass is 346 g/mol. The molecule has 1 amide bonds. The number of carbonyl (C=O) groups is 1. The van der Waals surface area contributed by atoms with E-state index in [4.69, 9.17) is 4.42 Å². The summed E-state index contributed by atoms with van der Waals surface area (Å²) in [6.07, 6.45) is 0. The van der Waals surface area contributed by atoms with E-state index in [1.807, 2.05) is 30.3 Å². The van der Waals surface area contributed by atoms with Crippen molar-refractivity contribution >= 4 is 39.2 Å². The molecule has 1 aromatic heterocycles. The second kappa shape index (κ2) is 6.00. The van der Waals surface area contributed by atoms with Gasteiger partial charge in [0.25, 0.3) is 11.6 Å². The lowest BCUT2D eigenvalue weighted by atomic mass is 10.1. The molecule has 3 aromatic carbocycles. The molecule has 4 aromatic rings. The van der Waals surface area contributed by atoms with Gasteiger partial charge in [-0.2, -0.15) is 0 Å². The van der Waals surface area contributed by atoms with Crippen LogP contribution in [0, 0.1) is 17.0 Å². The largest absolute Gasteiger partial charge is 0.456 e. The van der Waals surface area contributed by atoms with Crippen molar-refractivity contribution in [2.75, 3.05) is 5.32 Å². The molecule has 0 saturated carbocycles. The maximum atomic E-state index is 12.4. The minimum Gasteiger partial charge on any atom is -0.456 e. The van der Waals surface area contributed by atoms with Gasteiger partial charge in [-0.25, -0.2) is 0 Å². The predicted molar refractivity (Wildman–Crippen MR) is 99.5 cm³/mol. The fourth-order valence-corrected chi connectivity index (χ4v) is 3.01. The minimum absolute atomic E-state index is 0.00903. The van der Waals surface area contributed by atoms with Crippen molar-refractivity contribution in [2.24, 2.45) is 0 Å². The van der Waals surface area contributed by atoms with Gasteiger partial charge in [-0.15, -0.1) is 0 Å². The van der Waals surface area contributed by atoms with Crippen molar-refractivity contribution in [1.82, 2.24) is 0 Å². The first kappa shape index (κ1) is 15.8. The highest BCUT2D eigenvalue weighted by Crippen LogP contribution is 2.30. The zero-order valence-electron chi connectivity index (χ0n) is 13.9. The topological polar surface area (TPSA) is 85.4 Å². The van der Waals surface area contributed by atoms with Crippen molar-refractivity contribution in [3.05, 3.63) is 81.9 Å². The zero-order valence-corrected chi connectivity index (χ0v) is 13.9. The lowest BCUT2D eigenvalue weighted by Crippen LogP contribution is -2.12. The van der Waals surface area contributed by atoms with Gasteiger partial charge in [-0.3, -0.25) is 14.9 Å². The van der Waals surface area contributed by atoms with Crippen LogP contribution in [-0.4, -0.2) is 10.8 Å². The van der Waals surface area contributed by atoms with Crippen LogP contribution in [0.3, 0.4) is 0 Å². The summed E-state index contributed by atoms with van der Waals surface area (Å²) in [5, 5.41) is 15.7. The van der Waals surface area contributed by atoms with Crippen LogP contribution in [0.1, 0.15) is 15.9 Å². The predicted octanol–water partition coefficient (Wildman–Crippen LogP) is 5.05. The summed E-state index contributed by atoms with van der Waals surface area (Å²) >= 11 is 0. The van der Waals surface area contributed by atoms with E-state index in [9.17, 15) is 14.9 Å². The highest BCUT2D eigenvalue weighted by atomic mass is 16.6. The molecule has 26 heavy (non-hydrogen) atoms. The lowest BCUT2D eigenvalue weighted by molar-refractivity contribution is -0.385. The molecule has 6 nitrogen and oxygen atoms in total. The Kier molecular flexibility index (Phi) is 3.65. The van der Waals surface area contributed by atoms with Gasteiger partial charge in [0, 0.05) is 39.7 Å². The maximum absolute atomic E-state index is 12.4. The van der Waals surface area contributed by atoms with E-state index >= 15 is 0 Å². The molecule has 0 spiro atoms. The molecule has 128 valence electrons. The normalized spacial score (nSPS) is 11.0. The molecule has 6 heteroatoms. The number of amides is 1. The third kappa shape index (κ3) is 2.67. The Morgan fingerprint density at radius 1 is 1.00 bits per heavy atom. The average molecular weight is 346 g/mol. The van der Waals surface area contributed by atoms with E-state index in [1.54, 1.807) is 19.1 Å². The van der Waals surface area contributed by atoms with Gasteiger partial charge >= 0.3 is 0 Å². The van der Waals surface area contributed by atoms with E-state index in [0.29, 0.717) is 22.4 Å². The Hall–Kier alpha value is -3.67. The first-order valence-corrected chi connectivity index (χ1v) is 8.00. The molecule has 0 aliphatic carbocycles. The summed E-state index contributed by atoms with van der Waals surface area (Å²) in [6.45, 7) is 1.61.